The lowest BCUT2D eigenvalue weighted by molar-refractivity contribution is -0.120. The van der Waals surface area contributed by atoms with Gasteiger partial charge in [-0.1, -0.05) is 48.5 Å². The molecule has 2 aliphatic rings. The second-order valence-electron chi connectivity index (χ2n) is 5.83. The number of carbonyl (C=O) groups is 1. The second kappa shape index (κ2) is 5.01. The number of benzene rings is 2. The Balaban J connectivity index is 1.57. The molecule has 3 nitrogen and oxygen atoms in total. The van der Waals surface area contributed by atoms with Gasteiger partial charge in [0.1, 0.15) is 0 Å². The van der Waals surface area contributed by atoms with Gasteiger partial charge in [-0.05, 0) is 35.1 Å². The Morgan fingerprint density at radius 3 is 2.10 bits per heavy atom. The molecular formula is C18H18N2O. The third-order valence-electron chi connectivity index (χ3n) is 4.24. The van der Waals surface area contributed by atoms with Gasteiger partial charge in [-0.25, -0.2) is 0 Å². The van der Waals surface area contributed by atoms with Crippen molar-refractivity contribution >= 4 is 5.91 Å². The summed E-state index contributed by atoms with van der Waals surface area (Å²) in [6.07, 6.45) is 2.25. The summed E-state index contributed by atoms with van der Waals surface area (Å²) in [7, 11) is 0. The molecule has 0 atom stereocenters. The van der Waals surface area contributed by atoms with Crippen molar-refractivity contribution in [3.63, 3.8) is 0 Å². The zero-order valence-electron chi connectivity index (χ0n) is 11.8. The van der Waals surface area contributed by atoms with Crippen molar-refractivity contribution in [3.05, 3.63) is 59.7 Å². The first-order valence-corrected chi connectivity index (χ1v) is 7.54. The number of rotatable bonds is 4. The number of fused-ring (bicyclic) bond motifs is 3. The van der Waals surface area contributed by atoms with Crippen LogP contribution in [0.3, 0.4) is 0 Å². The molecule has 0 aromatic heterocycles. The molecule has 0 bridgehead atoms. The van der Waals surface area contributed by atoms with E-state index in [4.69, 9.17) is 0 Å². The largest absolute Gasteiger partial charge is 0.352 e. The van der Waals surface area contributed by atoms with Crippen LogP contribution in [-0.2, 0) is 4.79 Å². The van der Waals surface area contributed by atoms with E-state index in [1.807, 2.05) is 0 Å². The summed E-state index contributed by atoms with van der Waals surface area (Å²) in [5.41, 5.74) is 5.07. The Hall–Kier alpha value is -2.13. The van der Waals surface area contributed by atoms with Gasteiger partial charge in [-0.3, -0.25) is 10.1 Å². The van der Waals surface area contributed by atoms with E-state index in [0.717, 1.165) is 12.8 Å². The fourth-order valence-electron chi connectivity index (χ4n) is 3.08. The van der Waals surface area contributed by atoms with Crippen LogP contribution < -0.4 is 10.6 Å². The molecule has 1 fully saturated rings. The zero-order valence-corrected chi connectivity index (χ0v) is 11.8. The standard InChI is InChI=1S/C18H18N2O/c21-17(20-12-9-10-12)11-19-18-15-7-3-1-5-13(15)14-6-2-4-8-16(14)18/h1-8,12,18-19H,9-11H2,(H,20,21). The molecule has 2 N–H and O–H groups in total. The molecule has 2 aromatic carbocycles. The van der Waals surface area contributed by atoms with E-state index < -0.39 is 0 Å². The minimum absolute atomic E-state index is 0.0966. The average Bonchev–Trinajstić information content (AvgIpc) is 3.27. The van der Waals surface area contributed by atoms with Crippen molar-refractivity contribution in [2.75, 3.05) is 6.54 Å². The molecule has 1 amide bonds. The van der Waals surface area contributed by atoms with E-state index in [0.29, 0.717) is 12.6 Å². The third kappa shape index (κ3) is 2.34. The monoisotopic (exact) mass is 278 g/mol. The number of hydrogen-bond donors (Lipinski definition) is 2. The summed E-state index contributed by atoms with van der Waals surface area (Å²) in [5.74, 6) is 0.0966. The number of hydrogen-bond acceptors (Lipinski definition) is 2. The average molecular weight is 278 g/mol. The highest BCUT2D eigenvalue weighted by Gasteiger charge is 2.28. The summed E-state index contributed by atoms with van der Waals surface area (Å²) in [4.78, 5) is 11.9. The molecule has 2 aromatic rings. The van der Waals surface area contributed by atoms with Crippen molar-refractivity contribution < 1.29 is 4.79 Å². The molecule has 0 aliphatic heterocycles. The topological polar surface area (TPSA) is 41.1 Å². The summed E-state index contributed by atoms with van der Waals surface area (Å²) < 4.78 is 0. The summed E-state index contributed by atoms with van der Waals surface area (Å²) in [6.45, 7) is 0.365. The normalized spacial score (nSPS) is 16.4. The predicted molar refractivity (Wildman–Crippen MR) is 82.9 cm³/mol. The maximum Gasteiger partial charge on any atom is 0.234 e. The third-order valence-corrected chi connectivity index (χ3v) is 4.24. The van der Waals surface area contributed by atoms with E-state index in [9.17, 15) is 4.79 Å². The van der Waals surface area contributed by atoms with Crippen LogP contribution in [0.5, 0.6) is 0 Å². The van der Waals surface area contributed by atoms with Crippen molar-refractivity contribution in [1.82, 2.24) is 10.6 Å². The Morgan fingerprint density at radius 1 is 0.952 bits per heavy atom. The molecule has 0 heterocycles. The lowest BCUT2D eigenvalue weighted by Crippen LogP contribution is -2.36. The Bertz CT molecular complexity index is 646. The number of amides is 1. The van der Waals surface area contributed by atoms with Gasteiger partial charge in [0.05, 0.1) is 12.6 Å². The van der Waals surface area contributed by atoms with E-state index in [-0.39, 0.29) is 11.9 Å². The van der Waals surface area contributed by atoms with Crippen molar-refractivity contribution in [3.8, 4) is 11.1 Å². The van der Waals surface area contributed by atoms with Crippen LogP contribution in [-0.4, -0.2) is 18.5 Å². The van der Waals surface area contributed by atoms with E-state index in [1.165, 1.54) is 22.3 Å². The maximum atomic E-state index is 11.9. The van der Waals surface area contributed by atoms with Crippen molar-refractivity contribution in [1.29, 1.82) is 0 Å². The molecule has 0 unspecified atom stereocenters. The van der Waals surface area contributed by atoms with Crippen LogP contribution in [0, 0.1) is 0 Å². The first-order chi connectivity index (χ1) is 10.3. The lowest BCUT2D eigenvalue weighted by Gasteiger charge is -2.15. The second-order valence-corrected chi connectivity index (χ2v) is 5.83. The predicted octanol–water partition coefficient (Wildman–Crippen LogP) is 2.62. The van der Waals surface area contributed by atoms with Crippen molar-refractivity contribution in [2.45, 2.75) is 24.9 Å². The minimum Gasteiger partial charge on any atom is -0.352 e. The number of nitrogens with one attached hydrogen (secondary N) is 2. The minimum atomic E-state index is 0.0966. The molecule has 2 aliphatic carbocycles. The van der Waals surface area contributed by atoms with Crippen LogP contribution in [0.1, 0.15) is 30.0 Å². The molecule has 0 saturated heterocycles. The Kier molecular flexibility index (Phi) is 3.00. The van der Waals surface area contributed by atoms with Crippen LogP contribution in [0.15, 0.2) is 48.5 Å². The highest BCUT2D eigenvalue weighted by atomic mass is 16.2. The highest BCUT2D eigenvalue weighted by molar-refractivity contribution is 5.81. The molecule has 1 saturated carbocycles. The van der Waals surface area contributed by atoms with E-state index in [2.05, 4.69) is 59.2 Å². The van der Waals surface area contributed by atoms with Gasteiger partial charge in [-0.2, -0.15) is 0 Å². The Morgan fingerprint density at radius 2 is 1.52 bits per heavy atom. The Labute approximate surface area is 124 Å². The van der Waals surface area contributed by atoms with Gasteiger partial charge < -0.3 is 5.32 Å². The maximum absolute atomic E-state index is 11.9. The zero-order chi connectivity index (χ0) is 14.2. The first-order valence-electron chi connectivity index (χ1n) is 7.54. The smallest absolute Gasteiger partial charge is 0.234 e. The quantitative estimate of drug-likeness (QED) is 0.902. The van der Waals surface area contributed by atoms with Crippen LogP contribution in [0.4, 0.5) is 0 Å². The van der Waals surface area contributed by atoms with Gasteiger partial charge >= 0.3 is 0 Å². The van der Waals surface area contributed by atoms with Gasteiger partial charge in [0, 0.05) is 6.04 Å². The first kappa shape index (κ1) is 12.6. The number of carbonyl (C=O) groups excluding carboxylic acids is 1. The van der Waals surface area contributed by atoms with E-state index in [1.54, 1.807) is 0 Å². The summed E-state index contributed by atoms with van der Waals surface area (Å²) in [6, 6.07) is 17.4. The summed E-state index contributed by atoms with van der Waals surface area (Å²) >= 11 is 0. The molecular weight excluding hydrogens is 260 g/mol. The van der Waals surface area contributed by atoms with Crippen LogP contribution in [0.25, 0.3) is 11.1 Å². The van der Waals surface area contributed by atoms with Gasteiger partial charge in [0.2, 0.25) is 5.91 Å². The molecule has 106 valence electrons. The van der Waals surface area contributed by atoms with Crippen molar-refractivity contribution in [2.24, 2.45) is 0 Å². The fraction of sp³-hybridized carbons (Fsp3) is 0.278. The molecule has 3 heteroatoms. The summed E-state index contributed by atoms with van der Waals surface area (Å²) in [5, 5.41) is 6.44. The fourth-order valence-corrected chi connectivity index (χ4v) is 3.08. The van der Waals surface area contributed by atoms with Crippen LogP contribution >= 0.6 is 0 Å². The van der Waals surface area contributed by atoms with Gasteiger partial charge in [0.25, 0.3) is 0 Å². The highest BCUT2D eigenvalue weighted by Crippen LogP contribution is 2.42. The molecule has 4 rings (SSSR count). The molecule has 0 radical (unpaired) electrons. The van der Waals surface area contributed by atoms with Gasteiger partial charge in [-0.15, -0.1) is 0 Å². The SMILES string of the molecule is O=C(CNC1c2ccccc2-c2ccccc21)NC1CC1. The van der Waals surface area contributed by atoms with Crippen LogP contribution in [0.2, 0.25) is 0 Å². The lowest BCUT2D eigenvalue weighted by atomic mass is 10.1. The molecule has 21 heavy (non-hydrogen) atoms. The molecule has 0 spiro atoms. The van der Waals surface area contributed by atoms with E-state index >= 15 is 0 Å². The van der Waals surface area contributed by atoms with Gasteiger partial charge in [0.15, 0.2) is 0 Å².